The first-order chi connectivity index (χ1) is 11.1. The minimum atomic E-state index is -0.462. The maximum absolute atomic E-state index is 13.2. The van der Waals surface area contributed by atoms with Crippen molar-refractivity contribution in [2.75, 3.05) is 32.8 Å². The van der Waals surface area contributed by atoms with E-state index in [9.17, 15) is 4.79 Å². The fourth-order valence-electron chi connectivity index (χ4n) is 3.57. The highest BCUT2D eigenvalue weighted by atomic mass is 35.5. The van der Waals surface area contributed by atoms with E-state index in [2.05, 4.69) is 12.1 Å². The number of morpholine rings is 1. The lowest BCUT2D eigenvalue weighted by Gasteiger charge is -2.43. The Morgan fingerprint density at radius 3 is 2.54 bits per heavy atom. The van der Waals surface area contributed by atoms with Gasteiger partial charge in [-0.1, -0.05) is 30.3 Å². The van der Waals surface area contributed by atoms with Gasteiger partial charge < -0.3 is 20.1 Å². The topological polar surface area (TPSA) is 64.8 Å². The average Bonchev–Trinajstić information content (AvgIpc) is 2.62. The third-order valence-electron chi connectivity index (χ3n) is 5.01. The highest BCUT2D eigenvalue weighted by Crippen LogP contribution is 2.34. The molecule has 2 heterocycles. The summed E-state index contributed by atoms with van der Waals surface area (Å²) in [5, 5.41) is 0. The largest absolute Gasteiger partial charge is 0.381 e. The fourth-order valence-corrected chi connectivity index (χ4v) is 3.57. The Kier molecular flexibility index (Phi) is 6.63. The van der Waals surface area contributed by atoms with Gasteiger partial charge in [0.2, 0.25) is 5.91 Å². The Labute approximate surface area is 149 Å². The number of hydrogen-bond donors (Lipinski definition) is 1. The van der Waals surface area contributed by atoms with Crippen LogP contribution < -0.4 is 5.73 Å². The molecule has 2 atom stereocenters. The SMILES string of the molecule is CC1CN(C(=O)C2(CN)CCOCC2)CC(c2ccccc2)O1.Cl. The zero-order valence-electron chi connectivity index (χ0n) is 14.1. The lowest BCUT2D eigenvalue weighted by molar-refractivity contribution is -0.159. The number of carbonyl (C=O) groups is 1. The average molecular weight is 355 g/mol. The molecule has 6 heteroatoms. The number of nitrogens with zero attached hydrogens (tertiary/aromatic N) is 1. The van der Waals surface area contributed by atoms with Crippen LogP contribution in [0.3, 0.4) is 0 Å². The van der Waals surface area contributed by atoms with Crippen molar-refractivity contribution in [2.45, 2.75) is 32.0 Å². The summed E-state index contributed by atoms with van der Waals surface area (Å²) in [5.74, 6) is 0.166. The van der Waals surface area contributed by atoms with Gasteiger partial charge in [-0.2, -0.15) is 0 Å². The van der Waals surface area contributed by atoms with Gasteiger partial charge in [0.25, 0.3) is 0 Å². The summed E-state index contributed by atoms with van der Waals surface area (Å²) in [7, 11) is 0. The van der Waals surface area contributed by atoms with E-state index in [1.165, 1.54) is 0 Å². The van der Waals surface area contributed by atoms with Crippen LogP contribution in [0.25, 0.3) is 0 Å². The molecule has 0 saturated carbocycles. The van der Waals surface area contributed by atoms with Crippen molar-refractivity contribution in [1.82, 2.24) is 4.90 Å². The zero-order chi connectivity index (χ0) is 16.3. The minimum Gasteiger partial charge on any atom is -0.381 e. The molecule has 0 spiro atoms. The van der Waals surface area contributed by atoms with Crippen molar-refractivity contribution in [1.29, 1.82) is 0 Å². The van der Waals surface area contributed by atoms with Gasteiger partial charge in [0.05, 0.1) is 18.1 Å². The van der Waals surface area contributed by atoms with Crippen molar-refractivity contribution in [3.63, 3.8) is 0 Å². The number of rotatable bonds is 3. The van der Waals surface area contributed by atoms with Crippen LogP contribution in [0.4, 0.5) is 0 Å². The zero-order valence-corrected chi connectivity index (χ0v) is 15.0. The van der Waals surface area contributed by atoms with Gasteiger partial charge in [0.1, 0.15) is 6.10 Å². The van der Waals surface area contributed by atoms with E-state index in [4.69, 9.17) is 15.2 Å². The maximum atomic E-state index is 13.2. The Balaban J connectivity index is 0.00000208. The number of hydrogen-bond acceptors (Lipinski definition) is 4. The van der Waals surface area contributed by atoms with Gasteiger partial charge in [-0.3, -0.25) is 4.79 Å². The molecule has 0 aromatic heterocycles. The monoisotopic (exact) mass is 354 g/mol. The van der Waals surface area contributed by atoms with Gasteiger partial charge in [0, 0.05) is 26.3 Å². The second-order valence-corrected chi connectivity index (χ2v) is 6.65. The van der Waals surface area contributed by atoms with Crippen LogP contribution in [-0.2, 0) is 14.3 Å². The summed E-state index contributed by atoms with van der Waals surface area (Å²) in [6.45, 7) is 4.86. The molecule has 2 saturated heterocycles. The molecular formula is C18H27ClN2O3. The standard InChI is InChI=1S/C18H26N2O3.ClH/c1-14-11-20(12-16(23-14)15-5-3-2-4-6-15)17(21)18(13-19)7-9-22-10-8-18;/h2-6,14,16H,7-13,19H2,1H3;1H. The van der Waals surface area contributed by atoms with Gasteiger partial charge in [-0.25, -0.2) is 0 Å². The molecular weight excluding hydrogens is 328 g/mol. The van der Waals surface area contributed by atoms with Crippen molar-refractivity contribution in [2.24, 2.45) is 11.1 Å². The van der Waals surface area contributed by atoms with E-state index in [-0.39, 0.29) is 30.5 Å². The van der Waals surface area contributed by atoms with E-state index < -0.39 is 5.41 Å². The number of carbonyl (C=O) groups excluding carboxylic acids is 1. The molecule has 134 valence electrons. The van der Waals surface area contributed by atoms with Crippen LogP contribution in [0.1, 0.15) is 31.4 Å². The second-order valence-electron chi connectivity index (χ2n) is 6.65. The molecule has 2 aliphatic rings. The highest BCUT2D eigenvalue weighted by molar-refractivity contribution is 5.85. The van der Waals surface area contributed by atoms with Crippen molar-refractivity contribution in [3.8, 4) is 0 Å². The molecule has 1 amide bonds. The van der Waals surface area contributed by atoms with Crippen LogP contribution in [0.2, 0.25) is 0 Å². The first kappa shape index (κ1) is 19.2. The summed E-state index contributed by atoms with van der Waals surface area (Å²) in [4.78, 5) is 15.1. The molecule has 0 radical (unpaired) electrons. The quantitative estimate of drug-likeness (QED) is 0.903. The Hall–Kier alpha value is -1.14. The summed E-state index contributed by atoms with van der Waals surface area (Å²) in [6, 6.07) is 10.1. The van der Waals surface area contributed by atoms with Gasteiger partial charge in [-0.05, 0) is 25.3 Å². The third-order valence-corrected chi connectivity index (χ3v) is 5.01. The first-order valence-corrected chi connectivity index (χ1v) is 8.42. The Bertz CT molecular complexity index is 534. The molecule has 2 unspecified atom stereocenters. The predicted molar refractivity (Wildman–Crippen MR) is 95.1 cm³/mol. The maximum Gasteiger partial charge on any atom is 0.230 e. The Morgan fingerprint density at radius 1 is 1.25 bits per heavy atom. The van der Waals surface area contributed by atoms with Crippen molar-refractivity contribution >= 4 is 18.3 Å². The molecule has 1 aromatic rings. The van der Waals surface area contributed by atoms with E-state index in [1.54, 1.807) is 0 Å². The predicted octanol–water partition coefficient (Wildman–Crippen LogP) is 2.15. The summed E-state index contributed by atoms with van der Waals surface area (Å²) in [6.07, 6.45) is 1.37. The lowest BCUT2D eigenvalue weighted by atomic mass is 9.78. The summed E-state index contributed by atoms with van der Waals surface area (Å²) >= 11 is 0. The Morgan fingerprint density at radius 2 is 1.92 bits per heavy atom. The van der Waals surface area contributed by atoms with Crippen molar-refractivity contribution in [3.05, 3.63) is 35.9 Å². The number of ether oxygens (including phenoxy) is 2. The number of benzene rings is 1. The fraction of sp³-hybridized carbons (Fsp3) is 0.611. The van der Waals surface area contributed by atoms with Crippen LogP contribution in [-0.4, -0.2) is 49.8 Å². The number of amides is 1. The van der Waals surface area contributed by atoms with Gasteiger partial charge in [-0.15, -0.1) is 12.4 Å². The summed E-state index contributed by atoms with van der Waals surface area (Å²) < 4.78 is 11.5. The van der Waals surface area contributed by atoms with E-state index in [0.717, 1.165) is 5.56 Å². The molecule has 24 heavy (non-hydrogen) atoms. The van der Waals surface area contributed by atoms with E-state index in [0.29, 0.717) is 45.7 Å². The van der Waals surface area contributed by atoms with Gasteiger partial charge >= 0.3 is 0 Å². The number of nitrogens with two attached hydrogens (primary N) is 1. The normalized spacial score (nSPS) is 26.5. The minimum absolute atomic E-state index is 0. The first-order valence-electron chi connectivity index (χ1n) is 8.42. The highest BCUT2D eigenvalue weighted by Gasteiger charge is 2.43. The molecule has 0 aliphatic carbocycles. The van der Waals surface area contributed by atoms with E-state index >= 15 is 0 Å². The lowest BCUT2D eigenvalue weighted by Crippen LogP contribution is -2.55. The van der Waals surface area contributed by atoms with Crippen LogP contribution in [0, 0.1) is 5.41 Å². The van der Waals surface area contributed by atoms with Crippen molar-refractivity contribution < 1.29 is 14.3 Å². The summed E-state index contributed by atoms with van der Waals surface area (Å²) in [5.41, 5.74) is 6.65. The van der Waals surface area contributed by atoms with Crippen LogP contribution >= 0.6 is 12.4 Å². The second kappa shape index (κ2) is 8.30. The molecule has 2 N–H and O–H groups in total. The molecule has 0 bridgehead atoms. The van der Waals surface area contributed by atoms with Crippen LogP contribution in [0.5, 0.6) is 0 Å². The third kappa shape index (κ3) is 3.91. The molecule has 1 aromatic carbocycles. The molecule has 2 fully saturated rings. The smallest absolute Gasteiger partial charge is 0.230 e. The molecule has 3 rings (SSSR count). The van der Waals surface area contributed by atoms with Crippen LogP contribution in [0.15, 0.2) is 30.3 Å². The molecule has 5 nitrogen and oxygen atoms in total. The number of halogens is 1. The van der Waals surface area contributed by atoms with Gasteiger partial charge in [0.15, 0.2) is 0 Å². The molecule has 2 aliphatic heterocycles. The van der Waals surface area contributed by atoms with E-state index in [1.807, 2.05) is 30.0 Å².